The third-order valence-corrected chi connectivity index (χ3v) is 4.73. The molecule has 0 aromatic rings. The number of carbonyl (C=O) groups is 1. The zero-order valence-electron chi connectivity index (χ0n) is 17.2. The predicted octanol–water partition coefficient (Wildman–Crippen LogP) is 7.40. The second-order valence-corrected chi connectivity index (χ2v) is 8.10. The Kier molecular flexibility index (Phi) is 15.7. The summed E-state index contributed by atoms with van der Waals surface area (Å²) >= 11 is 0. The van der Waals surface area contributed by atoms with E-state index in [1.807, 2.05) is 0 Å². The van der Waals surface area contributed by atoms with Crippen molar-refractivity contribution < 1.29 is 9.90 Å². The van der Waals surface area contributed by atoms with E-state index in [9.17, 15) is 4.79 Å². The highest BCUT2D eigenvalue weighted by atomic mass is 16.4. The number of carboxylic acids is 1. The van der Waals surface area contributed by atoms with Crippen LogP contribution in [-0.4, -0.2) is 11.1 Å². The van der Waals surface area contributed by atoms with Crippen LogP contribution in [0.3, 0.4) is 0 Å². The minimum absolute atomic E-state index is 0.276. The van der Waals surface area contributed by atoms with Gasteiger partial charge in [-0.25, -0.2) is 0 Å². The first-order chi connectivity index (χ1) is 11.9. The van der Waals surface area contributed by atoms with Crippen LogP contribution in [-0.2, 0) is 4.79 Å². The van der Waals surface area contributed by atoms with Crippen LogP contribution >= 0.6 is 0 Å². The Morgan fingerprint density at radius 3 is 2.04 bits per heavy atom. The molecule has 0 aromatic carbocycles. The first-order valence-electron chi connectivity index (χ1n) is 10.4. The second kappa shape index (κ2) is 16.4. The maximum Gasteiger partial charge on any atom is 0.303 e. The first-order valence-corrected chi connectivity index (χ1v) is 10.4. The van der Waals surface area contributed by atoms with Gasteiger partial charge in [-0.1, -0.05) is 84.1 Å². The maximum atomic E-state index is 10.4. The second-order valence-electron chi connectivity index (χ2n) is 8.10. The Morgan fingerprint density at radius 1 is 0.800 bits per heavy atom. The van der Waals surface area contributed by atoms with Crippen molar-refractivity contribution in [2.45, 2.75) is 98.3 Å². The summed E-state index contributed by atoms with van der Waals surface area (Å²) in [5.41, 5.74) is 0. The van der Waals surface area contributed by atoms with Gasteiger partial charge in [-0.05, 0) is 49.9 Å². The number of aliphatic carboxylic acids is 1. The van der Waals surface area contributed by atoms with Gasteiger partial charge >= 0.3 is 5.97 Å². The Labute approximate surface area is 156 Å². The fourth-order valence-corrected chi connectivity index (χ4v) is 3.03. The SMILES string of the molecule is CC(C)CCCC(C)CCCC(C)C=CCCC=CCCCC(=O)O. The molecule has 0 aliphatic rings. The van der Waals surface area contributed by atoms with Gasteiger partial charge in [0.25, 0.3) is 0 Å². The summed E-state index contributed by atoms with van der Waals surface area (Å²) in [5, 5.41) is 8.55. The number of allylic oxidation sites excluding steroid dienone is 4. The minimum Gasteiger partial charge on any atom is -0.481 e. The summed E-state index contributed by atoms with van der Waals surface area (Å²) in [6, 6.07) is 0. The van der Waals surface area contributed by atoms with Crippen molar-refractivity contribution in [2.75, 3.05) is 0 Å². The smallest absolute Gasteiger partial charge is 0.303 e. The summed E-state index contributed by atoms with van der Waals surface area (Å²) < 4.78 is 0. The third-order valence-electron chi connectivity index (χ3n) is 4.73. The van der Waals surface area contributed by atoms with E-state index in [0.717, 1.165) is 37.5 Å². The van der Waals surface area contributed by atoms with Gasteiger partial charge < -0.3 is 5.11 Å². The fraction of sp³-hybridized carbons (Fsp3) is 0.783. The number of hydrogen-bond donors (Lipinski definition) is 1. The Balaban J connectivity index is 3.55. The Bertz CT molecular complexity index is 368. The topological polar surface area (TPSA) is 37.3 Å². The zero-order chi connectivity index (χ0) is 18.9. The van der Waals surface area contributed by atoms with Crippen LogP contribution in [0.5, 0.6) is 0 Å². The normalized spacial score (nSPS) is 14.6. The summed E-state index contributed by atoms with van der Waals surface area (Å²) in [4.78, 5) is 10.4. The molecule has 2 atom stereocenters. The lowest BCUT2D eigenvalue weighted by Gasteiger charge is -2.13. The van der Waals surface area contributed by atoms with Gasteiger partial charge in [0.2, 0.25) is 0 Å². The van der Waals surface area contributed by atoms with E-state index in [1.165, 1.54) is 38.5 Å². The molecule has 0 saturated carbocycles. The molecule has 0 aliphatic heterocycles. The lowest BCUT2D eigenvalue weighted by atomic mass is 9.93. The van der Waals surface area contributed by atoms with Gasteiger partial charge in [0.15, 0.2) is 0 Å². The molecule has 2 heteroatoms. The molecule has 0 amide bonds. The van der Waals surface area contributed by atoms with Gasteiger partial charge in [0, 0.05) is 6.42 Å². The van der Waals surface area contributed by atoms with Gasteiger partial charge in [0.05, 0.1) is 0 Å². The van der Waals surface area contributed by atoms with Crippen molar-refractivity contribution in [1.82, 2.24) is 0 Å². The van der Waals surface area contributed by atoms with E-state index in [4.69, 9.17) is 5.11 Å². The summed E-state index contributed by atoms with van der Waals surface area (Å²) in [6.07, 6.45) is 21.2. The highest BCUT2D eigenvalue weighted by molar-refractivity contribution is 5.66. The van der Waals surface area contributed by atoms with Crippen molar-refractivity contribution in [3.05, 3.63) is 24.3 Å². The molecule has 0 spiro atoms. The van der Waals surface area contributed by atoms with Gasteiger partial charge in [-0.2, -0.15) is 0 Å². The quantitative estimate of drug-likeness (QED) is 0.232. The van der Waals surface area contributed by atoms with Crippen molar-refractivity contribution in [2.24, 2.45) is 17.8 Å². The fourth-order valence-electron chi connectivity index (χ4n) is 3.03. The molecule has 0 heterocycles. The van der Waals surface area contributed by atoms with E-state index in [0.29, 0.717) is 5.92 Å². The van der Waals surface area contributed by atoms with E-state index >= 15 is 0 Å². The number of hydrogen-bond acceptors (Lipinski definition) is 1. The molecule has 0 radical (unpaired) electrons. The molecular formula is C23H42O2. The van der Waals surface area contributed by atoms with Crippen LogP contribution < -0.4 is 0 Å². The first kappa shape index (κ1) is 23.9. The van der Waals surface area contributed by atoms with Crippen molar-refractivity contribution in [1.29, 1.82) is 0 Å². The monoisotopic (exact) mass is 350 g/mol. The van der Waals surface area contributed by atoms with E-state index < -0.39 is 5.97 Å². The molecule has 0 aromatic heterocycles. The molecule has 0 bridgehead atoms. The van der Waals surface area contributed by atoms with E-state index in [-0.39, 0.29) is 6.42 Å². The number of carboxylic acid groups (broad SMARTS) is 1. The van der Waals surface area contributed by atoms with Crippen LogP contribution in [0.2, 0.25) is 0 Å². The van der Waals surface area contributed by atoms with Crippen LogP contribution in [0, 0.1) is 17.8 Å². The highest BCUT2D eigenvalue weighted by Gasteiger charge is 2.04. The molecule has 0 aliphatic carbocycles. The maximum absolute atomic E-state index is 10.4. The lowest BCUT2D eigenvalue weighted by Crippen LogP contribution is -1.98. The average molecular weight is 351 g/mol. The van der Waals surface area contributed by atoms with Crippen molar-refractivity contribution in [3.8, 4) is 0 Å². The molecule has 0 fully saturated rings. The highest BCUT2D eigenvalue weighted by Crippen LogP contribution is 2.19. The standard InChI is InChI=1S/C23H42O2/c1-20(2)14-12-16-22(4)18-13-17-21(3)15-10-8-6-5-7-9-11-19-23(24)25/h5,7,10,15,20-22H,6,8-9,11-14,16-19H2,1-4H3,(H,24,25). The van der Waals surface area contributed by atoms with Crippen LogP contribution in [0.25, 0.3) is 0 Å². The molecule has 2 unspecified atom stereocenters. The lowest BCUT2D eigenvalue weighted by molar-refractivity contribution is -0.137. The summed E-state index contributed by atoms with van der Waals surface area (Å²) in [6.45, 7) is 9.35. The molecule has 25 heavy (non-hydrogen) atoms. The van der Waals surface area contributed by atoms with Crippen LogP contribution in [0.1, 0.15) is 98.3 Å². The van der Waals surface area contributed by atoms with Crippen LogP contribution in [0.4, 0.5) is 0 Å². The molecule has 0 saturated heterocycles. The van der Waals surface area contributed by atoms with E-state index in [2.05, 4.69) is 52.0 Å². The number of rotatable bonds is 16. The molecular weight excluding hydrogens is 308 g/mol. The Hall–Kier alpha value is -1.05. The third kappa shape index (κ3) is 19.1. The summed E-state index contributed by atoms with van der Waals surface area (Å²) in [5.74, 6) is 1.70. The largest absolute Gasteiger partial charge is 0.481 e. The van der Waals surface area contributed by atoms with Crippen LogP contribution in [0.15, 0.2) is 24.3 Å². The van der Waals surface area contributed by atoms with E-state index in [1.54, 1.807) is 0 Å². The zero-order valence-corrected chi connectivity index (χ0v) is 17.2. The average Bonchev–Trinajstić information content (AvgIpc) is 2.52. The Morgan fingerprint density at radius 2 is 1.40 bits per heavy atom. The summed E-state index contributed by atoms with van der Waals surface area (Å²) in [7, 11) is 0. The molecule has 146 valence electrons. The minimum atomic E-state index is -0.699. The molecule has 1 N–H and O–H groups in total. The molecule has 2 nitrogen and oxygen atoms in total. The molecule has 0 rings (SSSR count). The predicted molar refractivity (Wildman–Crippen MR) is 110 cm³/mol. The van der Waals surface area contributed by atoms with Crippen molar-refractivity contribution >= 4 is 5.97 Å². The number of unbranched alkanes of at least 4 members (excludes halogenated alkanes) is 2. The van der Waals surface area contributed by atoms with Gasteiger partial charge in [-0.15, -0.1) is 0 Å². The van der Waals surface area contributed by atoms with Gasteiger partial charge in [0.1, 0.15) is 0 Å². The van der Waals surface area contributed by atoms with Crippen molar-refractivity contribution in [3.63, 3.8) is 0 Å². The van der Waals surface area contributed by atoms with Gasteiger partial charge in [-0.3, -0.25) is 4.79 Å².